The molecule has 1 atom stereocenters. The Bertz CT molecular complexity index is 1280. The predicted molar refractivity (Wildman–Crippen MR) is 141 cm³/mol. The number of likely N-dealkylation sites (N-methyl/N-ethyl adjacent to an activating group) is 1. The fourth-order valence-corrected chi connectivity index (χ4v) is 5.03. The molecule has 37 heavy (non-hydrogen) atoms. The fourth-order valence-electron chi connectivity index (χ4n) is 4.12. The first kappa shape index (κ1) is 30.1. The summed E-state index contributed by atoms with van der Waals surface area (Å²) < 4.78 is 35.7. The number of ether oxygens (including phenoxy) is 2. The minimum Gasteiger partial charge on any atom is -0.493 e. The molecule has 1 aliphatic rings. The molecule has 0 aromatic heterocycles. The van der Waals surface area contributed by atoms with Gasteiger partial charge in [-0.25, -0.2) is 8.42 Å². The first-order valence-corrected chi connectivity index (χ1v) is 13.4. The summed E-state index contributed by atoms with van der Waals surface area (Å²) in [4.78, 5) is 41.9. The molecule has 0 bridgehead atoms. The molecule has 2 aromatic carbocycles. The number of hydrogen-bond acceptors (Lipinski definition) is 8. The monoisotopic (exact) mass is 553 g/mol. The number of carbonyl (C=O) groups excluding carboxylic acids is 3. The SMILES string of the molecule is CCOc1cc(C(CS(C)(=O)=O)N2C(=O)c3cccc(CNC(=O)CN(C)C)c3C2=O)ccc1OC.Cl. The van der Waals surface area contributed by atoms with Gasteiger partial charge in [-0.1, -0.05) is 18.2 Å². The van der Waals surface area contributed by atoms with Crippen LogP contribution in [0.15, 0.2) is 36.4 Å². The highest BCUT2D eigenvalue weighted by Crippen LogP contribution is 2.37. The summed E-state index contributed by atoms with van der Waals surface area (Å²) >= 11 is 0. The molecule has 3 amide bonds. The van der Waals surface area contributed by atoms with Crippen molar-refractivity contribution in [1.82, 2.24) is 15.1 Å². The number of nitrogens with one attached hydrogen (secondary N) is 1. The lowest BCUT2D eigenvalue weighted by Crippen LogP contribution is -2.38. The lowest BCUT2D eigenvalue weighted by atomic mass is 10.0. The molecule has 1 unspecified atom stereocenters. The number of amides is 3. The summed E-state index contributed by atoms with van der Waals surface area (Å²) in [5.74, 6) is -1.10. The van der Waals surface area contributed by atoms with E-state index in [0.29, 0.717) is 29.2 Å². The summed E-state index contributed by atoms with van der Waals surface area (Å²) in [6.45, 7) is 2.36. The van der Waals surface area contributed by atoms with Crippen LogP contribution in [0.4, 0.5) is 0 Å². The number of imide groups is 1. The van der Waals surface area contributed by atoms with Gasteiger partial charge in [0.05, 0.1) is 43.2 Å². The van der Waals surface area contributed by atoms with E-state index in [1.807, 2.05) is 0 Å². The van der Waals surface area contributed by atoms with Crippen LogP contribution >= 0.6 is 12.4 Å². The lowest BCUT2D eigenvalue weighted by molar-refractivity contribution is -0.121. The van der Waals surface area contributed by atoms with Gasteiger partial charge in [0, 0.05) is 12.8 Å². The van der Waals surface area contributed by atoms with Gasteiger partial charge in [-0.05, 0) is 50.3 Å². The summed E-state index contributed by atoms with van der Waals surface area (Å²) in [6.07, 6.45) is 1.05. The third-order valence-electron chi connectivity index (χ3n) is 5.61. The van der Waals surface area contributed by atoms with Crippen LogP contribution in [0.5, 0.6) is 11.5 Å². The molecular formula is C25H32ClN3O7S. The predicted octanol–water partition coefficient (Wildman–Crippen LogP) is 2.08. The van der Waals surface area contributed by atoms with Gasteiger partial charge >= 0.3 is 0 Å². The average molecular weight is 554 g/mol. The number of hydrogen-bond donors (Lipinski definition) is 1. The molecule has 10 nitrogen and oxygen atoms in total. The number of fused-ring (bicyclic) bond motifs is 1. The first-order chi connectivity index (χ1) is 17.0. The Balaban J connectivity index is 0.00000481. The molecule has 1 N–H and O–H groups in total. The van der Waals surface area contributed by atoms with Crippen LogP contribution in [0.25, 0.3) is 0 Å². The van der Waals surface area contributed by atoms with Crippen LogP contribution in [-0.4, -0.2) is 82.3 Å². The van der Waals surface area contributed by atoms with Crippen molar-refractivity contribution >= 4 is 40.0 Å². The highest BCUT2D eigenvalue weighted by molar-refractivity contribution is 7.90. The minimum absolute atomic E-state index is 0. The number of carbonyl (C=O) groups is 3. The van der Waals surface area contributed by atoms with Crippen LogP contribution in [0, 0.1) is 0 Å². The van der Waals surface area contributed by atoms with Crippen molar-refractivity contribution in [3.8, 4) is 11.5 Å². The molecule has 0 saturated heterocycles. The summed E-state index contributed by atoms with van der Waals surface area (Å²) in [5.41, 5.74) is 1.21. The van der Waals surface area contributed by atoms with Crippen LogP contribution in [-0.2, 0) is 21.2 Å². The first-order valence-electron chi connectivity index (χ1n) is 11.4. The van der Waals surface area contributed by atoms with Crippen molar-refractivity contribution in [3.63, 3.8) is 0 Å². The molecule has 12 heteroatoms. The van der Waals surface area contributed by atoms with E-state index in [4.69, 9.17) is 9.47 Å². The van der Waals surface area contributed by atoms with E-state index in [9.17, 15) is 22.8 Å². The van der Waals surface area contributed by atoms with Gasteiger partial charge in [0.15, 0.2) is 11.5 Å². The second-order valence-corrected chi connectivity index (χ2v) is 11.0. The van der Waals surface area contributed by atoms with Crippen molar-refractivity contribution < 1.29 is 32.3 Å². The Hall–Kier alpha value is -3.15. The molecule has 0 spiro atoms. The van der Waals surface area contributed by atoms with Crippen molar-refractivity contribution in [2.24, 2.45) is 0 Å². The van der Waals surface area contributed by atoms with Crippen LogP contribution in [0.1, 0.15) is 44.8 Å². The molecule has 1 heterocycles. The minimum atomic E-state index is -3.61. The van der Waals surface area contributed by atoms with Crippen LogP contribution in [0.3, 0.4) is 0 Å². The van der Waals surface area contributed by atoms with Crippen molar-refractivity contribution in [2.45, 2.75) is 19.5 Å². The van der Waals surface area contributed by atoms with Gasteiger partial charge < -0.3 is 19.7 Å². The zero-order chi connectivity index (χ0) is 26.6. The van der Waals surface area contributed by atoms with E-state index in [1.165, 1.54) is 13.2 Å². The Morgan fingerprint density at radius 3 is 2.41 bits per heavy atom. The smallest absolute Gasteiger partial charge is 0.262 e. The third-order valence-corrected chi connectivity index (χ3v) is 6.53. The largest absolute Gasteiger partial charge is 0.493 e. The number of halogens is 1. The van der Waals surface area contributed by atoms with Crippen molar-refractivity contribution in [3.05, 3.63) is 58.7 Å². The lowest BCUT2D eigenvalue weighted by Gasteiger charge is -2.27. The van der Waals surface area contributed by atoms with Gasteiger partial charge in [-0.3, -0.25) is 19.3 Å². The normalized spacial score (nSPS) is 13.7. The number of methoxy groups -OCH3 is 1. The van der Waals surface area contributed by atoms with Crippen molar-refractivity contribution in [1.29, 1.82) is 0 Å². The zero-order valence-corrected chi connectivity index (χ0v) is 23.1. The topological polar surface area (TPSA) is 122 Å². The summed E-state index contributed by atoms with van der Waals surface area (Å²) in [6, 6.07) is 8.54. The highest BCUT2D eigenvalue weighted by atomic mass is 35.5. The Labute approximate surface area is 223 Å². The van der Waals surface area contributed by atoms with Gasteiger partial charge in [0.25, 0.3) is 11.8 Å². The molecule has 2 aromatic rings. The van der Waals surface area contributed by atoms with Gasteiger partial charge in [-0.15, -0.1) is 12.4 Å². The standard InChI is InChI=1S/C25H31N3O7S.ClH/c1-6-35-21-12-16(10-11-20(21)34-4)19(15-36(5,32)33)28-24(30)18-9-7-8-17(23(18)25(28)31)13-26-22(29)14-27(2)3;/h7-12,19H,6,13-15H2,1-5H3,(H,26,29);1H. The Morgan fingerprint density at radius 2 is 1.81 bits per heavy atom. The average Bonchev–Trinajstić information content (AvgIpc) is 3.05. The second-order valence-electron chi connectivity index (χ2n) is 8.79. The zero-order valence-electron chi connectivity index (χ0n) is 21.4. The summed E-state index contributed by atoms with van der Waals surface area (Å²) in [5, 5.41) is 2.75. The molecule has 0 aliphatic carbocycles. The van der Waals surface area contributed by atoms with E-state index in [2.05, 4.69) is 5.32 Å². The third kappa shape index (κ3) is 7.00. The molecule has 1 aliphatic heterocycles. The van der Waals surface area contributed by atoms with Crippen molar-refractivity contribution in [2.75, 3.05) is 46.4 Å². The molecule has 0 saturated carbocycles. The van der Waals surface area contributed by atoms with Crippen LogP contribution < -0.4 is 14.8 Å². The Morgan fingerprint density at radius 1 is 1.11 bits per heavy atom. The van der Waals surface area contributed by atoms with E-state index in [-0.39, 0.29) is 42.5 Å². The maximum absolute atomic E-state index is 13.6. The maximum atomic E-state index is 13.6. The van der Waals surface area contributed by atoms with Crippen LogP contribution in [0.2, 0.25) is 0 Å². The van der Waals surface area contributed by atoms with Gasteiger partial charge in [-0.2, -0.15) is 0 Å². The molecule has 3 rings (SSSR count). The number of rotatable bonds is 11. The van der Waals surface area contributed by atoms with E-state index in [0.717, 1.165) is 11.2 Å². The number of sulfone groups is 1. The fraction of sp³-hybridized carbons (Fsp3) is 0.400. The molecule has 0 fully saturated rings. The number of nitrogens with zero attached hydrogens (tertiary/aromatic N) is 2. The van der Waals surface area contributed by atoms with Gasteiger partial charge in [0.2, 0.25) is 5.91 Å². The second kappa shape index (κ2) is 12.4. The molecule has 0 radical (unpaired) electrons. The highest BCUT2D eigenvalue weighted by Gasteiger charge is 2.43. The van der Waals surface area contributed by atoms with E-state index < -0.39 is 33.4 Å². The Kier molecular flexibility index (Phi) is 10.1. The quantitative estimate of drug-likeness (QED) is 0.420. The summed E-state index contributed by atoms with van der Waals surface area (Å²) in [7, 11) is 1.40. The maximum Gasteiger partial charge on any atom is 0.262 e. The molecular weight excluding hydrogens is 522 g/mol. The van der Waals surface area contributed by atoms with E-state index in [1.54, 1.807) is 56.3 Å². The van der Waals surface area contributed by atoms with E-state index >= 15 is 0 Å². The number of benzene rings is 2. The molecule has 202 valence electrons. The van der Waals surface area contributed by atoms with Gasteiger partial charge in [0.1, 0.15) is 9.84 Å².